The van der Waals surface area contributed by atoms with Crippen LogP contribution in [-0.4, -0.2) is 36.3 Å². The van der Waals surface area contributed by atoms with E-state index in [9.17, 15) is 9.59 Å². The highest BCUT2D eigenvalue weighted by Gasteiger charge is 2.17. The van der Waals surface area contributed by atoms with Crippen molar-refractivity contribution < 1.29 is 9.59 Å². The largest absolute Gasteiger partial charge is 0.376 e. The van der Waals surface area contributed by atoms with Crippen LogP contribution in [0.25, 0.3) is 0 Å². The number of carbonyl (C=O) groups excluding carboxylic acids is 2. The molecule has 2 aromatic carbocycles. The van der Waals surface area contributed by atoms with E-state index in [1.165, 1.54) is 6.42 Å². The topological polar surface area (TPSA) is 61.4 Å². The number of hydrogen-bond acceptors (Lipinski definition) is 3. The molecule has 5 nitrogen and oxygen atoms in total. The number of nitrogens with zero attached hydrogens (tertiary/aromatic N) is 1. The maximum Gasteiger partial charge on any atom is 0.253 e. The van der Waals surface area contributed by atoms with Crippen LogP contribution in [-0.2, 0) is 11.3 Å². The highest BCUT2D eigenvalue weighted by Crippen LogP contribution is 2.16. The Morgan fingerprint density at radius 2 is 1.67 bits per heavy atom. The molecule has 0 aliphatic carbocycles. The summed E-state index contributed by atoms with van der Waals surface area (Å²) in [5, 5.41) is 6.55. The lowest BCUT2D eigenvalue weighted by atomic mass is 10.1. The predicted molar refractivity (Wildman–Crippen MR) is 108 cm³/mol. The molecule has 0 aromatic heterocycles. The zero-order chi connectivity index (χ0) is 19.1. The van der Waals surface area contributed by atoms with Crippen LogP contribution in [0.2, 0.25) is 5.02 Å². The van der Waals surface area contributed by atoms with Crippen LogP contribution >= 0.6 is 11.6 Å². The lowest BCUT2D eigenvalue weighted by Gasteiger charge is -2.26. The van der Waals surface area contributed by atoms with Gasteiger partial charge in [-0.3, -0.25) is 9.59 Å². The second-order valence-electron chi connectivity index (χ2n) is 6.65. The van der Waals surface area contributed by atoms with E-state index in [0.717, 1.165) is 37.2 Å². The first-order chi connectivity index (χ1) is 13.1. The normalized spacial score (nSPS) is 13.9. The van der Waals surface area contributed by atoms with E-state index < -0.39 is 0 Å². The molecule has 142 valence electrons. The van der Waals surface area contributed by atoms with E-state index in [2.05, 4.69) is 10.6 Å². The van der Waals surface area contributed by atoms with Gasteiger partial charge in [-0.15, -0.1) is 0 Å². The van der Waals surface area contributed by atoms with Crippen molar-refractivity contribution >= 4 is 29.1 Å². The summed E-state index contributed by atoms with van der Waals surface area (Å²) in [6.07, 6.45) is 3.36. The molecule has 1 saturated heterocycles. The summed E-state index contributed by atoms with van der Waals surface area (Å²) in [4.78, 5) is 26.4. The van der Waals surface area contributed by atoms with Gasteiger partial charge in [-0.1, -0.05) is 29.8 Å². The molecule has 2 amide bonds. The van der Waals surface area contributed by atoms with E-state index >= 15 is 0 Å². The molecule has 6 heteroatoms. The Morgan fingerprint density at radius 3 is 2.37 bits per heavy atom. The average molecular weight is 386 g/mol. The first kappa shape index (κ1) is 19.2. The van der Waals surface area contributed by atoms with E-state index in [0.29, 0.717) is 17.1 Å². The minimum absolute atomic E-state index is 0.0822. The van der Waals surface area contributed by atoms with Crippen LogP contribution < -0.4 is 10.6 Å². The highest BCUT2D eigenvalue weighted by atomic mass is 35.5. The Morgan fingerprint density at radius 1 is 0.963 bits per heavy atom. The Kier molecular flexibility index (Phi) is 6.71. The van der Waals surface area contributed by atoms with Gasteiger partial charge in [0.2, 0.25) is 5.91 Å². The molecule has 2 aromatic rings. The summed E-state index contributed by atoms with van der Waals surface area (Å²) in [6, 6.07) is 14.7. The van der Waals surface area contributed by atoms with Gasteiger partial charge < -0.3 is 15.5 Å². The number of hydrogen-bond donors (Lipinski definition) is 2. The van der Waals surface area contributed by atoms with Gasteiger partial charge in [0, 0.05) is 35.9 Å². The maximum absolute atomic E-state index is 12.5. The third-order valence-electron chi connectivity index (χ3n) is 4.66. The molecule has 0 bridgehead atoms. The minimum Gasteiger partial charge on any atom is -0.376 e. The lowest BCUT2D eigenvalue weighted by Crippen LogP contribution is -2.35. The van der Waals surface area contributed by atoms with Crippen LogP contribution in [0, 0.1) is 0 Å². The summed E-state index contributed by atoms with van der Waals surface area (Å²) < 4.78 is 0. The molecule has 1 aliphatic rings. The van der Waals surface area contributed by atoms with Gasteiger partial charge in [0.25, 0.3) is 5.91 Å². The molecule has 0 spiro atoms. The standard InChI is InChI=1S/C21H24ClN3O2/c22-19-7-3-2-6-17(19)14-24-20(26)15-23-18-10-8-16(9-11-18)21(27)25-12-4-1-5-13-25/h2-3,6-11,23H,1,4-5,12-15H2,(H,24,26). The molecule has 2 N–H and O–H groups in total. The second kappa shape index (κ2) is 9.42. The van der Waals surface area contributed by atoms with E-state index in [1.54, 1.807) is 18.2 Å². The molecule has 1 fully saturated rings. The molecule has 1 aliphatic heterocycles. The van der Waals surface area contributed by atoms with Crippen molar-refractivity contribution in [2.24, 2.45) is 0 Å². The SMILES string of the molecule is O=C(CNc1ccc(C(=O)N2CCCCC2)cc1)NCc1ccccc1Cl. The number of piperidine rings is 1. The number of rotatable bonds is 6. The van der Waals surface area contributed by atoms with E-state index in [4.69, 9.17) is 11.6 Å². The summed E-state index contributed by atoms with van der Waals surface area (Å²) in [5.74, 6) is -0.0397. The van der Waals surface area contributed by atoms with Crippen LogP contribution in [0.5, 0.6) is 0 Å². The molecular weight excluding hydrogens is 362 g/mol. The number of halogens is 1. The zero-order valence-corrected chi connectivity index (χ0v) is 16.0. The third kappa shape index (κ3) is 5.47. The van der Waals surface area contributed by atoms with Crippen LogP contribution in [0.1, 0.15) is 35.2 Å². The number of anilines is 1. The third-order valence-corrected chi connectivity index (χ3v) is 5.03. The first-order valence-electron chi connectivity index (χ1n) is 9.27. The molecule has 0 saturated carbocycles. The van der Waals surface area contributed by atoms with Crippen molar-refractivity contribution in [3.05, 3.63) is 64.7 Å². The van der Waals surface area contributed by atoms with Gasteiger partial charge in [-0.2, -0.15) is 0 Å². The van der Waals surface area contributed by atoms with Gasteiger partial charge in [-0.25, -0.2) is 0 Å². The van der Waals surface area contributed by atoms with Crippen molar-refractivity contribution in [3.8, 4) is 0 Å². The van der Waals surface area contributed by atoms with Gasteiger partial charge >= 0.3 is 0 Å². The fraction of sp³-hybridized carbons (Fsp3) is 0.333. The highest BCUT2D eigenvalue weighted by molar-refractivity contribution is 6.31. The van der Waals surface area contributed by atoms with Crippen LogP contribution in [0.15, 0.2) is 48.5 Å². The molecule has 0 unspecified atom stereocenters. The van der Waals surface area contributed by atoms with Crippen molar-refractivity contribution in [1.29, 1.82) is 0 Å². The van der Waals surface area contributed by atoms with Gasteiger partial charge in [0.05, 0.1) is 6.54 Å². The van der Waals surface area contributed by atoms with Crippen molar-refractivity contribution in [2.45, 2.75) is 25.8 Å². The van der Waals surface area contributed by atoms with E-state index in [-0.39, 0.29) is 18.4 Å². The van der Waals surface area contributed by atoms with Crippen LogP contribution in [0.4, 0.5) is 5.69 Å². The molecule has 0 radical (unpaired) electrons. The number of carbonyl (C=O) groups is 2. The number of benzene rings is 2. The Hall–Kier alpha value is -2.53. The minimum atomic E-state index is -0.122. The fourth-order valence-corrected chi connectivity index (χ4v) is 3.29. The first-order valence-corrected chi connectivity index (χ1v) is 9.64. The molecule has 3 rings (SSSR count). The fourth-order valence-electron chi connectivity index (χ4n) is 3.09. The lowest BCUT2D eigenvalue weighted by molar-refractivity contribution is -0.119. The number of nitrogens with one attached hydrogen (secondary N) is 2. The quantitative estimate of drug-likeness (QED) is 0.797. The van der Waals surface area contributed by atoms with Crippen molar-refractivity contribution in [2.75, 3.05) is 25.0 Å². The zero-order valence-electron chi connectivity index (χ0n) is 15.2. The smallest absolute Gasteiger partial charge is 0.253 e. The van der Waals surface area contributed by atoms with Gasteiger partial charge in [-0.05, 0) is 55.2 Å². The average Bonchev–Trinajstić information content (AvgIpc) is 2.72. The van der Waals surface area contributed by atoms with Crippen molar-refractivity contribution in [3.63, 3.8) is 0 Å². The molecule has 1 heterocycles. The molecule has 27 heavy (non-hydrogen) atoms. The monoisotopic (exact) mass is 385 g/mol. The number of likely N-dealkylation sites (tertiary alicyclic amines) is 1. The second-order valence-corrected chi connectivity index (χ2v) is 7.06. The van der Waals surface area contributed by atoms with Gasteiger partial charge in [0.15, 0.2) is 0 Å². The Labute approximate surface area is 164 Å². The summed E-state index contributed by atoms with van der Waals surface area (Å²) in [5.41, 5.74) is 2.37. The molecule has 0 atom stereocenters. The Bertz CT molecular complexity index is 786. The summed E-state index contributed by atoms with van der Waals surface area (Å²) in [6.45, 7) is 2.22. The molecular formula is C21H24ClN3O2. The maximum atomic E-state index is 12.5. The van der Waals surface area contributed by atoms with Gasteiger partial charge in [0.1, 0.15) is 0 Å². The Balaban J connectivity index is 1.46. The van der Waals surface area contributed by atoms with Crippen LogP contribution in [0.3, 0.4) is 0 Å². The van der Waals surface area contributed by atoms with E-state index in [1.807, 2.05) is 35.2 Å². The van der Waals surface area contributed by atoms with Crippen molar-refractivity contribution in [1.82, 2.24) is 10.2 Å². The summed E-state index contributed by atoms with van der Waals surface area (Å²) >= 11 is 6.08. The number of amides is 2. The summed E-state index contributed by atoms with van der Waals surface area (Å²) in [7, 11) is 0. The predicted octanol–water partition coefficient (Wildman–Crippen LogP) is 3.69.